The van der Waals surface area contributed by atoms with E-state index < -0.39 is 0 Å². The van der Waals surface area contributed by atoms with E-state index in [9.17, 15) is 4.79 Å². The van der Waals surface area contributed by atoms with Crippen molar-refractivity contribution in [3.63, 3.8) is 0 Å². The Morgan fingerprint density at radius 1 is 1.00 bits per heavy atom. The third-order valence-electron chi connectivity index (χ3n) is 4.05. The number of nitrogens with one attached hydrogen (secondary N) is 1. The number of carbonyl (C=O) groups is 1. The van der Waals surface area contributed by atoms with Crippen LogP contribution in [-0.4, -0.2) is 11.1 Å². The van der Waals surface area contributed by atoms with Crippen LogP contribution in [0.3, 0.4) is 0 Å². The molecule has 0 radical (unpaired) electrons. The molecule has 0 unspecified atom stereocenters. The first kappa shape index (κ1) is 16.0. The van der Waals surface area contributed by atoms with Gasteiger partial charge in [0.15, 0.2) is 0 Å². The molecule has 1 amide bonds. The number of amides is 1. The Morgan fingerprint density at radius 2 is 1.62 bits per heavy atom. The molecule has 3 aromatic rings. The maximum Gasteiger partial charge on any atom is 0.261 e. The van der Waals surface area contributed by atoms with E-state index in [4.69, 9.17) is 4.52 Å². The van der Waals surface area contributed by atoms with Gasteiger partial charge in [0.05, 0.1) is 0 Å². The largest absolute Gasteiger partial charge is 0.360 e. The quantitative estimate of drug-likeness (QED) is 0.752. The zero-order chi connectivity index (χ0) is 17.3. The van der Waals surface area contributed by atoms with Gasteiger partial charge in [-0.1, -0.05) is 53.2 Å². The van der Waals surface area contributed by atoms with E-state index >= 15 is 0 Å². The van der Waals surface area contributed by atoms with Crippen molar-refractivity contribution in [2.75, 3.05) is 5.32 Å². The Balaban J connectivity index is 1.99. The van der Waals surface area contributed by atoms with Crippen LogP contribution in [-0.2, 0) is 0 Å². The third kappa shape index (κ3) is 2.95. The van der Waals surface area contributed by atoms with Crippen LogP contribution in [0.2, 0.25) is 0 Å². The first-order chi connectivity index (χ1) is 11.5. The molecule has 0 aliphatic rings. The summed E-state index contributed by atoms with van der Waals surface area (Å²) in [6.07, 6.45) is 0. The van der Waals surface area contributed by atoms with E-state index in [0.717, 1.165) is 22.4 Å². The molecule has 122 valence electrons. The molecule has 0 bridgehead atoms. The van der Waals surface area contributed by atoms with Crippen molar-refractivity contribution in [2.45, 2.75) is 27.7 Å². The Morgan fingerprint density at radius 3 is 2.25 bits per heavy atom. The van der Waals surface area contributed by atoms with Gasteiger partial charge < -0.3 is 9.84 Å². The standard InChI is InChI=1S/C20H20N2O2/c1-12-10-13(2)18(14(3)11-12)21-20(23)17-15(4)24-22-19(17)16-8-6-5-7-9-16/h5-11H,1-4H3,(H,21,23). The molecule has 0 aliphatic heterocycles. The number of nitrogens with zero attached hydrogens (tertiary/aromatic N) is 1. The van der Waals surface area contributed by atoms with Crippen LogP contribution < -0.4 is 5.32 Å². The predicted molar refractivity (Wildman–Crippen MR) is 95.3 cm³/mol. The van der Waals surface area contributed by atoms with Gasteiger partial charge in [-0.2, -0.15) is 0 Å². The number of hydrogen-bond donors (Lipinski definition) is 1. The fraction of sp³-hybridized carbons (Fsp3) is 0.200. The average molecular weight is 320 g/mol. The normalized spacial score (nSPS) is 10.7. The zero-order valence-corrected chi connectivity index (χ0v) is 14.3. The summed E-state index contributed by atoms with van der Waals surface area (Å²) in [4.78, 5) is 12.9. The van der Waals surface area contributed by atoms with Crippen molar-refractivity contribution < 1.29 is 9.32 Å². The smallest absolute Gasteiger partial charge is 0.261 e. The topological polar surface area (TPSA) is 55.1 Å². The minimum absolute atomic E-state index is 0.206. The maximum absolute atomic E-state index is 12.9. The zero-order valence-electron chi connectivity index (χ0n) is 14.3. The summed E-state index contributed by atoms with van der Waals surface area (Å²) in [5.74, 6) is 0.302. The van der Waals surface area contributed by atoms with Gasteiger partial charge in [0, 0.05) is 11.3 Å². The summed E-state index contributed by atoms with van der Waals surface area (Å²) in [7, 11) is 0. The van der Waals surface area contributed by atoms with Gasteiger partial charge in [-0.25, -0.2) is 0 Å². The molecule has 0 saturated carbocycles. The maximum atomic E-state index is 12.9. The second kappa shape index (κ2) is 6.32. The number of rotatable bonds is 3. The molecule has 0 fully saturated rings. The van der Waals surface area contributed by atoms with Crippen molar-refractivity contribution in [1.82, 2.24) is 5.16 Å². The highest BCUT2D eigenvalue weighted by Gasteiger charge is 2.22. The van der Waals surface area contributed by atoms with E-state index in [1.165, 1.54) is 5.56 Å². The molecule has 24 heavy (non-hydrogen) atoms. The van der Waals surface area contributed by atoms with E-state index in [1.807, 2.05) is 51.1 Å². The van der Waals surface area contributed by atoms with Crippen molar-refractivity contribution in [1.29, 1.82) is 0 Å². The molecule has 2 aromatic carbocycles. The van der Waals surface area contributed by atoms with Crippen LogP contribution in [0.5, 0.6) is 0 Å². The minimum Gasteiger partial charge on any atom is -0.360 e. The molecule has 4 heteroatoms. The van der Waals surface area contributed by atoms with Crippen LogP contribution in [0.1, 0.15) is 32.8 Å². The van der Waals surface area contributed by atoms with Gasteiger partial charge in [0.2, 0.25) is 0 Å². The second-order valence-electron chi connectivity index (χ2n) is 6.06. The molecule has 0 aliphatic carbocycles. The van der Waals surface area contributed by atoms with Crippen LogP contribution in [0.15, 0.2) is 47.0 Å². The first-order valence-corrected chi connectivity index (χ1v) is 7.88. The van der Waals surface area contributed by atoms with Gasteiger partial charge in [-0.3, -0.25) is 4.79 Å². The summed E-state index contributed by atoms with van der Waals surface area (Å²) in [5, 5.41) is 7.09. The highest BCUT2D eigenvalue weighted by Crippen LogP contribution is 2.28. The lowest BCUT2D eigenvalue weighted by Crippen LogP contribution is -2.15. The Kier molecular flexibility index (Phi) is 4.21. The number of aromatic nitrogens is 1. The summed E-state index contributed by atoms with van der Waals surface area (Å²) >= 11 is 0. The molecule has 1 N–H and O–H groups in total. The first-order valence-electron chi connectivity index (χ1n) is 7.88. The van der Waals surface area contributed by atoms with E-state index in [2.05, 4.69) is 22.6 Å². The Labute approximate surface area is 141 Å². The third-order valence-corrected chi connectivity index (χ3v) is 4.05. The minimum atomic E-state index is -0.206. The van der Waals surface area contributed by atoms with Gasteiger partial charge in [0.1, 0.15) is 17.0 Å². The molecule has 3 rings (SSSR count). The van der Waals surface area contributed by atoms with Crippen molar-refractivity contribution in [3.05, 3.63) is 70.5 Å². The highest BCUT2D eigenvalue weighted by molar-refractivity contribution is 6.09. The fourth-order valence-corrected chi connectivity index (χ4v) is 2.99. The molecular formula is C20H20N2O2. The van der Waals surface area contributed by atoms with Crippen LogP contribution in [0, 0.1) is 27.7 Å². The Hall–Kier alpha value is -2.88. The molecule has 0 atom stereocenters. The van der Waals surface area contributed by atoms with Crippen molar-refractivity contribution in [2.24, 2.45) is 0 Å². The van der Waals surface area contributed by atoms with Crippen molar-refractivity contribution in [3.8, 4) is 11.3 Å². The lowest BCUT2D eigenvalue weighted by Gasteiger charge is -2.13. The van der Waals surface area contributed by atoms with Gasteiger partial charge >= 0.3 is 0 Å². The highest BCUT2D eigenvalue weighted by atomic mass is 16.5. The predicted octanol–water partition coefficient (Wildman–Crippen LogP) is 4.83. The Bertz CT molecular complexity index is 872. The van der Waals surface area contributed by atoms with Gasteiger partial charge in [-0.05, 0) is 38.8 Å². The van der Waals surface area contributed by atoms with Gasteiger partial charge in [0.25, 0.3) is 5.91 Å². The van der Waals surface area contributed by atoms with E-state index in [-0.39, 0.29) is 5.91 Å². The molecular weight excluding hydrogens is 300 g/mol. The SMILES string of the molecule is Cc1cc(C)c(NC(=O)c2c(-c3ccccc3)noc2C)c(C)c1. The summed E-state index contributed by atoms with van der Waals surface area (Å²) in [6, 6.07) is 13.7. The molecule has 1 heterocycles. The van der Waals surface area contributed by atoms with Gasteiger partial charge in [-0.15, -0.1) is 0 Å². The molecule has 0 saturated heterocycles. The number of aryl methyl sites for hydroxylation is 4. The summed E-state index contributed by atoms with van der Waals surface area (Å²) < 4.78 is 5.28. The van der Waals surface area contributed by atoms with Crippen LogP contribution >= 0.6 is 0 Å². The van der Waals surface area contributed by atoms with Crippen LogP contribution in [0.25, 0.3) is 11.3 Å². The molecule has 4 nitrogen and oxygen atoms in total. The average Bonchev–Trinajstić information content (AvgIpc) is 2.93. The lowest BCUT2D eigenvalue weighted by molar-refractivity contribution is 0.102. The summed E-state index contributed by atoms with van der Waals surface area (Å²) in [6.45, 7) is 7.79. The molecule has 1 aromatic heterocycles. The number of carbonyl (C=O) groups excluding carboxylic acids is 1. The van der Waals surface area contributed by atoms with E-state index in [1.54, 1.807) is 6.92 Å². The number of anilines is 1. The fourth-order valence-electron chi connectivity index (χ4n) is 2.99. The second-order valence-corrected chi connectivity index (χ2v) is 6.06. The summed E-state index contributed by atoms with van der Waals surface area (Å²) in [5.41, 5.74) is 5.98. The van der Waals surface area contributed by atoms with Crippen LogP contribution in [0.4, 0.5) is 5.69 Å². The lowest BCUT2D eigenvalue weighted by atomic mass is 10.0. The van der Waals surface area contributed by atoms with E-state index in [0.29, 0.717) is 17.0 Å². The monoisotopic (exact) mass is 320 g/mol. The van der Waals surface area contributed by atoms with Crippen molar-refractivity contribution >= 4 is 11.6 Å². The number of hydrogen-bond acceptors (Lipinski definition) is 3. The number of benzene rings is 2. The molecule has 0 spiro atoms.